The van der Waals surface area contributed by atoms with E-state index in [0.717, 1.165) is 12.8 Å². The Kier molecular flexibility index (Phi) is 4.61. The summed E-state index contributed by atoms with van der Waals surface area (Å²) < 4.78 is 26.5. The van der Waals surface area contributed by atoms with Gasteiger partial charge >= 0.3 is 0 Å². The van der Waals surface area contributed by atoms with Gasteiger partial charge < -0.3 is 0 Å². The summed E-state index contributed by atoms with van der Waals surface area (Å²) in [6, 6.07) is 4.50. The van der Waals surface area contributed by atoms with E-state index in [2.05, 4.69) is 9.71 Å². The van der Waals surface area contributed by atoms with Gasteiger partial charge in [-0.2, -0.15) is 5.26 Å². The van der Waals surface area contributed by atoms with E-state index in [1.54, 1.807) is 13.0 Å². The van der Waals surface area contributed by atoms with Crippen LogP contribution in [0.2, 0.25) is 0 Å². The van der Waals surface area contributed by atoms with Crippen LogP contribution in [0.4, 0.5) is 0 Å². The van der Waals surface area contributed by atoms with Crippen molar-refractivity contribution < 1.29 is 8.42 Å². The van der Waals surface area contributed by atoms with E-state index in [0.29, 0.717) is 0 Å². The average Bonchev–Trinajstić information content (AvgIpc) is 2.28. The van der Waals surface area contributed by atoms with Gasteiger partial charge in [-0.05, 0) is 25.5 Å². The lowest BCUT2D eigenvalue weighted by Gasteiger charge is -2.13. The first kappa shape index (κ1) is 13.6. The highest BCUT2D eigenvalue weighted by Crippen LogP contribution is 2.13. The summed E-state index contributed by atoms with van der Waals surface area (Å²) in [4.78, 5) is 3.67. The summed E-state index contributed by atoms with van der Waals surface area (Å²) >= 11 is 0. The Morgan fingerprint density at radius 1 is 1.59 bits per heavy atom. The molecule has 0 aromatic carbocycles. The van der Waals surface area contributed by atoms with E-state index in [4.69, 9.17) is 5.26 Å². The maximum atomic E-state index is 12.0. The molecule has 1 atom stereocenters. The number of pyridine rings is 1. The van der Waals surface area contributed by atoms with Crippen LogP contribution in [0, 0.1) is 11.3 Å². The molecular weight excluding hydrogens is 238 g/mol. The molecule has 1 aromatic rings. The van der Waals surface area contributed by atoms with Crippen molar-refractivity contribution in [1.29, 1.82) is 5.26 Å². The van der Waals surface area contributed by atoms with Crippen molar-refractivity contribution in [3.8, 4) is 6.07 Å². The minimum atomic E-state index is -3.66. The molecule has 1 N–H and O–H groups in total. The summed E-state index contributed by atoms with van der Waals surface area (Å²) in [6.45, 7) is 3.78. The predicted octanol–water partition coefficient (Wildman–Crippen LogP) is 1.42. The zero-order valence-electron chi connectivity index (χ0n) is 9.84. The van der Waals surface area contributed by atoms with Crippen molar-refractivity contribution in [1.82, 2.24) is 9.71 Å². The van der Waals surface area contributed by atoms with Gasteiger partial charge in [0.05, 0.1) is 0 Å². The minimum Gasteiger partial charge on any atom is -0.244 e. The number of nitrogens with zero attached hydrogens (tertiary/aromatic N) is 2. The molecule has 92 valence electrons. The lowest BCUT2D eigenvalue weighted by Crippen LogP contribution is -2.33. The van der Waals surface area contributed by atoms with Crippen LogP contribution in [0.3, 0.4) is 0 Å². The van der Waals surface area contributed by atoms with E-state index in [9.17, 15) is 8.42 Å². The van der Waals surface area contributed by atoms with Crippen LogP contribution in [0.1, 0.15) is 32.4 Å². The van der Waals surface area contributed by atoms with Crippen molar-refractivity contribution >= 4 is 10.0 Å². The Bertz CT molecular complexity index is 520. The van der Waals surface area contributed by atoms with Crippen LogP contribution in [0.25, 0.3) is 0 Å². The summed E-state index contributed by atoms with van der Waals surface area (Å²) in [6.07, 6.45) is 3.04. The molecule has 0 amide bonds. The first-order valence-electron chi connectivity index (χ1n) is 5.38. The smallest absolute Gasteiger partial charge is 0.243 e. The van der Waals surface area contributed by atoms with Crippen LogP contribution in [0.15, 0.2) is 23.2 Å². The van der Waals surface area contributed by atoms with E-state index in [1.807, 2.05) is 6.92 Å². The van der Waals surface area contributed by atoms with Crippen LogP contribution >= 0.6 is 0 Å². The quantitative estimate of drug-likeness (QED) is 0.860. The standard InChI is InChI=1S/C11H15N3O2S/c1-3-5-9(2)14-17(15,16)11-6-4-7-13-10(11)8-12/h4,6-7,9,14H,3,5H2,1-2H3. The van der Waals surface area contributed by atoms with Crippen LogP contribution in [-0.4, -0.2) is 19.4 Å². The molecule has 0 aliphatic heterocycles. The Morgan fingerprint density at radius 3 is 2.88 bits per heavy atom. The van der Waals surface area contributed by atoms with Crippen molar-refractivity contribution in [2.24, 2.45) is 0 Å². The SMILES string of the molecule is CCCC(C)NS(=O)(=O)c1cccnc1C#N. The second kappa shape index (κ2) is 5.75. The summed E-state index contributed by atoms with van der Waals surface area (Å²) in [5, 5.41) is 8.81. The third-order valence-corrected chi connectivity index (χ3v) is 3.87. The molecule has 0 radical (unpaired) electrons. The van der Waals surface area contributed by atoms with Crippen molar-refractivity contribution in [3.63, 3.8) is 0 Å². The second-order valence-electron chi connectivity index (χ2n) is 3.77. The molecule has 0 fully saturated rings. The van der Waals surface area contributed by atoms with Crippen LogP contribution in [0.5, 0.6) is 0 Å². The maximum absolute atomic E-state index is 12.0. The number of nitriles is 1. The Hall–Kier alpha value is -1.45. The van der Waals surface area contributed by atoms with Crippen molar-refractivity contribution in [2.75, 3.05) is 0 Å². The van der Waals surface area contributed by atoms with Crippen molar-refractivity contribution in [3.05, 3.63) is 24.0 Å². The summed E-state index contributed by atoms with van der Waals surface area (Å²) in [7, 11) is -3.66. The number of sulfonamides is 1. The van der Waals surface area contributed by atoms with E-state index in [-0.39, 0.29) is 16.6 Å². The highest BCUT2D eigenvalue weighted by Gasteiger charge is 2.20. The number of hydrogen-bond donors (Lipinski definition) is 1. The van der Waals surface area contributed by atoms with Gasteiger partial charge in [-0.3, -0.25) is 0 Å². The number of aromatic nitrogens is 1. The molecule has 6 heteroatoms. The molecule has 0 saturated heterocycles. The van der Waals surface area contributed by atoms with Crippen molar-refractivity contribution in [2.45, 2.75) is 37.6 Å². The zero-order chi connectivity index (χ0) is 12.9. The van der Waals surface area contributed by atoms with Gasteiger partial charge in [0, 0.05) is 12.2 Å². The molecule has 1 aromatic heterocycles. The van der Waals surface area contributed by atoms with Gasteiger partial charge in [-0.1, -0.05) is 13.3 Å². The first-order valence-corrected chi connectivity index (χ1v) is 6.87. The third-order valence-electron chi connectivity index (χ3n) is 2.24. The Morgan fingerprint density at radius 2 is 2.29 bits per heavy atom. The normalized spacial score (nSPS) is 13.0. The number of nitrogens with one attached hydrogen (secondary N) is 1. The molecule has 0 aliphatic carbocycles. The van der Waals surface area contributed by atoms with Crippen LogP contribution in [-0.2, 0) is 10.0 Å². The second-order valence-corrected chi connectivity index (χ2v) is 5.46. The Labute approximate surface area is 102 Å². The fourth-order valence-corrected chi connectivity index (χ4v) is 2.90. The lowest BCUT2D eigenvalue weighted by molar-refractivity contribution is 0.543. The van der Waals surface area contributed by atoms with Gasteiger partial charge in [0.25, 0.3) is 0 Å². The molecule has 1 unspecified atom stereocenters. The maximum Gasteiger partial charge on any atom is 0.243 e. The molecule has 5 nitrogen and oxygen atoms in total. The van der Waals surface area contributed by atoms with E-state index >= 15 is 0 Å². The van der Waals surface area contributed by atoms with Gasteiger partial charge in [0.1, 0.15) is 11.0 Å². The third kappa shape index (κ3) is 3.51. The molecule has 0 spiro atoms. The first-order chi connectivity index (χ1) is 8.01. The molecule has 0 bridgehead atoms. The fraction of sp³-hybridized carbons (Fsp3) is 0.455. The molecule has 0 saturated carbocycles. The Balaban J connectivity index is 3.02. The van der Waals surface area contributed by atoms with E-state index < -0.39 is 10.0 Å². The average molecular weight is 253 g/mol. The highest BCUT2D eigenvalue weighted by atomic mass is 32.2. The van der Waals surface area contributed by atoms with E-state index in [1.165, 1.54) is 18.3 Å². The highest BCUT2D eigenvalue weighted by molar-refractivity contribution is 7.89. The van der Waals surface area contributed by atoms with Gasteiger partial charge in [-0.25, -0.2) is 18.1 Å². The number of rotatable bonds is 5. The largest absolute Gasteiger partial charge is 0.244 e. The molecule has 17 heavy (non-hydrogen) atoms. The summed E-state index contributed by atoms with van der Waals surface area (Å²) in [5.41, 5.74) is -0.0799. The van der Waals surface area contributed by atoms with Crippen LogP contribution < -0.4 is 4.72 Å². The molecule has 1 heterocycles. The topological polar surface area (TPSA) is 82.8 Å². The van der Waals surface area contributed by atoms with Gasteiger partial charge in [0.2, 0.25) is 10.0 Å². The van der Waals surface area contributed by atoms with Gasteiger partial charge in [0.15, 0.2) is 5.69 Å². The molecule has 0 aliphatic rings. The number of hydrogen-bond acceptors (Lipinski definition) is 4. The fourth-order valence-electron chi connectivity index (χ4n) is 1.51. The summed E-state index contributed by atoms with van der Waals surface area (Å²) in [5.74, 6) is 0. The van der Waals surface area contributed by atoms with Gasteiger partial charge in [-0.15, -0.1) is 0 Å². The minimum absolute atomic E-state index is 0.0644. The molecular formula is C11H15N3O2S. The zero-order valence-corrected chi connectivity index (χ0v) is 10.7. The molecule has 1 rings (SSSR count). The predicted molar refractivity (Wildman–Crippen MR) is 63.6 cm³/mol. The monoisotopic (exact) mass is 253 g/mol. The lowest BCUT2D eigenvalue weighted by atomic mass is 10.2.